The van der Waals surface area contributed by atoms with Crippen molar-refractivity contribution in [2.75, 3.05) is 0 Å². The number of carbonyl (C=O) groups excluding carboxylic acids is 1. The summed E-state index contributed by atoms with van der Waals surface area (Å²) in [6.07, 6.45) is 0.142. The highest BCUT2D eigenvalue weighted by molar-refractivity contribution is 9.10. The summed E-state index contributed by atoms with van der Waals surface area (Å²) in [6.45, 7) is 1.55. The van der Waals surface area contributed by atoms with Gasteiger partial charge in [-0.25, -0.2) is 0 Å². The van der Waals surface area contributed by atoms with Crippen molar-refractivity contribution in [1.29, 1.82) is 0 Å². The number of H-pyrrole nitrogens is 1. The third kappa shape index (κ3) is 4.42. The first-order valence-electron chi connectivity index (χ1n) is 8.71. The first-order valence-corrected chi connectivity index (χ1v) is 9.50. The highest BCUT2D eigenvalue weighted by Gasteiger charge is 2.24. The number of hydrogen-bond acceptors (Lipinski definition) is 7. The predicted octanol–water partition coefficient (Wildman–Crippen LogP) is 1.26. The third-order valence-electron chi connectivity index (χ3n) is 4.43. The molecule has 0 aliphatic carbocycles. The highest BCUT2D eigenvalue weighted by atomic mass is 79.9. The molecule has 1 aromatic carbocycles. The van der Waals surface area contributed by atoms with Gasteiger partial charge in [-0.2, -0.15) is 4.80 Å². The SMILES string of the molecule is Cc1c(-c2nnn(CCC(N)C(=O)O)n2)[nH]c(CO)c1C(=O)c1cccc(Br)c1. The molecule has 1 unspecified atom stereocenters. The van der Waals surface area contributed by atoms with Crippen LogP contribution >= 0.6 is 15.9 Å². The molecule has 10 nitrogen and oxygen atoms in total. The topological polar surface area (TPSA) is 160 Å². The van der Waals surface area contributed by atoms with Gasteiger partial charge in [0, 0.05) is 15.6 Å². The van der Waals surface area contributed by atoms with Crippen molar-refractivity contribution in [3.05, 3.63) is 51.1 Å². The summed E-state index contributed by atoms with van der Waals surface area (Å²) in [7, 11) is 0. The molecule has 152 valence electrons. The molecule has 1 atom stereocenters. The lowest BCUT2D eigenvalue weighted by Gasteiger charge is -2.04. The molecule has 0 radical (unpaired) electrons. The Bertz CT molecular complexity index is 1060. The van der Waals surface area contributed by atoms with Crippen LogP contribution in [0.4, 0.5) is 0 Å². The van der Waals surface area contributed by atoms with Crippen molar-refractivity contribution in [3.63, 3.8) is 0 Å². The first-order chi connectivity index (χ1) is 13.8. The largest absolute Gasteiger partial charge is 0.480 e. The summed E-state index contributed by atoms with van der Waals surface area (Å²) < 4.78 is 0.770. The number of tetrazole rings is 1. The molecule has 5 N–H and O–H groups in total. The molecule has 3 rings (SSSR count). The van der Waals surface area contributed by atoms with Crippen molar-refractivity contribution in [2.24, 2.45) is 5.73 Å². The van der Waals surface area contributed by atoms with Gasteiger partial charge in [0.25, 0.3) is 0 Å². The van der Waals surface area contributed by atoms with Crippen LogP contribution in [0.1, 0.15) is 33.6 Å². The average Bonchev–Trinajstić information content (AvgIpc) is 3.29. The van der Waals surface area contributed by atoms with Crippen LogP contribution in [0.25, 0.3) is 11.5 Å². The van der Waals surface area contributed by atoms with Crippen molar-refractivity contribution in [2.45, 2.75) is 32.5 Å². The number of ketones is 1. The molecule has 0 aliphatic heterocycles. The fourth-order valence-electron chi connectivity index (χ4n) is 2.90. The smallest absolute Gasteiger partial charge is 0.320 e. The number of aliphatic hydroxyl groups is 1. The van der Waals surface area contributed by atoms with E-state index in [1.54, 1.807) is 25.1 Å². The highest BCUT2D eigenvalue weighted by Crippen LogP contribution is 2.28. The molecule has 0 saturated carbocycles. The fraction of sp³-hybridized carbons (Fsp3) is 0.278. The average molecular weight is 463 g/mol. The number of nitrogens with zero attached hydrogens (tertiary/aromatic N) is 4. The molecule has 0 amide bonds. The summed E-state index contributed by atoms with van der Waals surface area (Å²) in [4.78, 5) is 28.1. The van der Waals surface area contributed by atoms with E-state index in [4.69, 9.17) is 10.8 Å². The van der Waals surface area contributed by atoms with Crippen LogP contribution < -0.4 is 5.73 Å². The van der Waals surface area contributed by atoms with Crippen LogP contribution in [0, 0.1) is 6.92 Å². The Morgan fingerprint density at radius 3 is 2.79 bits per heavy atom. The zero-order valence-corrected chi connectivity index (χ0v) is 17.0. The van der Waals surface area contributed by atoms with Crippen molar-refractivity contribution < 1.29 is 19.8 Å². The minimum Gasteiger partial charge on any atom is -0.480 e. The normalized spacial score (nSPS) is 12.1. The Balaban J connectivity index is 1.90. The Labute approximate surface area is 173 Å². The minimum atomic E-state index is -1.10. The lowest BCUT2D eigenvalue weighted by Crippen LogP contribution is -2.31. The van der Waals surface area contributed by atoms with E-state index in [0.29, 0.717) is 28.1 Å². The van der Waals surface area contributed by atoms with Gasteiger partial charge in [0.15, 0.2) is 5.78 Å². The maximum Gasteiger partial charge on any atom is 0.320 e. The number of carboxylic acid groups (broad SMARTS) is 1. The number of carboxylic acids is 1. The molecular weight excluding hydrogens is 444 g/mol. The van der Waals surface area contributed by atoms with Gasteiger partial charge in [-0.3, -0.25) is 9.59 Å². The van der Waals surface area contributed by atoms with Crippen LogP contribution in [0.5, 0.6) is 0 Å². The van der Waals surface area contributed by atoms with E-state index in [0.717, 1.165) is 4.47 Å². The predicted molar refractivity (Wildman–Crippen MR) is 106 cm³/mol. The molecule has 0 bridgehead atoms. The number of rotatable bonds is 8. The molecule has 3 aromatic rings. The number of aliphatic carboxylic acids is 1. The van der Waals surface area contributed by atoms with Gasteiger partial charge in [-0.05, 0) is 36.3 Å². The van der Waals surface area contributed by atoms with E-state index in [1.807, 2.05) is 6.07 Å². The number of aryl methyl sites for hydroxylation is 1. The first kappa shape index (κ1) is 20.8. The zero-order chi connectivity index (χ0) is 21.1. The summed E-state index contributed by atoms with van der Waals surface area (Å²) in [6, 6.07) is 5.95. The summed E-state index contributed by atoms with van der Waals surface area (Å²) in [5.41, 5.74) is 7.71. The number of aromatic nitrogens is 5. The number of nitrogens with two attached hydrogens (primary N) is 1. The van der Waals surface area contributed by atoms with Crippen LogP contribution in [0.15, 0.2) is 28.7 Å². The van der Waals surface area contributed by atoms with E-state index in [2.05, 4.69) is 36.3 Å². The minimum absolute atomic E-state index is 0.142. The third-order valence-corrected chi connectivity index (χ3v) is 4.93. The van der Waals surface area contributed by atoms with Crippen LogP contribution in [-0.2, 0) is 17.9 Å². The van der Waals surface area contributed by atoms with Crippen LogP contribution in [0.3, 0.4) is 0 Å². The van der Waals surface area contributed by atoms with Crippen LogP contribution in [0.2, 0.25) is 0 Å². The maximum atomic E-state index is 13.0. The molecule has 0 spiro atoms. The van der Waals surface area contributed by atoms with Gasteiger partial charge in [0.1, 0.15) is 6.04 Å². The summed E-state index contributed by atoms with van der Waals surface area (Å²) >= 11 is 3.35. The van der Waals surface area contributed by atoms with Crippen LogP contribution in [-0.4, -0.2) is 53.2 Å². The molecule has 0 aliphatic rings. The lowest BCUT2D eigenvalue weighted by atomic mass is 9.99. The maximum absolute atomic E-state index is 13.0. The second kappa shape index (κ2) is 8.64. The monoisotopic (exact) mass is 462 g/mol. The number of benzene rings is 1. The Morgan fingerprint density at radius 1 is 1.38 bits per heavy atom. The second-order valence-electron chi connectivity index (χ2n) is 6.42. The number of nitrogens with one attached hydrogen (secondary N) is 1. The van der Waals surface area contributed by atoms with Gasteiger partial charge < -0.3 is 20.9 Å². The Hall–Kier alpha value is -2.89. The molecule has 11 heteroatoms. The van der Waals surface area contributed by atoms with E-state index in [9.17, 15) is 14.7 Å². The van der Waals surface area contributed by atoms with Crippen molar-refractivity contribution in [3.8, 4) is 11.5 Å². The molecule has 2 heterocycles. The second-order valence-corrected chi connectivity index (χ2v) is 7.33. The van der Waals surface area contributed by atoms with Gasteiger partial charge in [0.2, 0.25) is 5.82 Å². The Morgan fingerprint density at radius 2 is 2.14 bits per heavy atom. The molecular formula is C18H19BrN6O4. The van der Waals surface area contributed by atoms with Gasteiger partial charge >= 0.3 is 5.97 Å². The van der Waals surface area contributed by atoms with Gasteiger partial charge in [-0.15, -0.1) is 10.2 Å². The standard InChI is InChI=1S/C18H19BrN6O4/c1-9-14(16(27)10-3-2-4-11(19)7-10)13(8-26)21-15(9)17-22-24-25(23-17)6-5-12(20)18(28)29/h2-4,7,12,21,26H,5-6,8,20H2,1H3,(H,28,29). The number of aromatic amines is 1. The molecule has 0 saturated heterocycles. The van der Waals surface area contributed by atoms with E-state index in [-0.39, 0.29) is 31.2 Å². The fourth-order valence-corrected chi connectivity index (χ4v) is 3.30. The quantitative estimate of drug-likeness (QED) is 0.363. The molecule has 0 fully saturated rings. The number of hydrogen-bond donors (Lipinski definition) is 4. The van der Waals surface area contributed by atoms with Crippen molar-refractivity contribution >= 4 is 27.7 Å². The van der Waals surface area contributed by atoms with Crippen molar-refractivity contribution in [1.82, 2.24) is 25.2 Å². The lowest BCUT2D eigenvalue weighted by molar-refractivity contribution is -0.138. The summed E-state index contributed by atoms with van der Waals surface area (Å²) in [5.74, 6) is -1.11. The number of carbonyl (C=O) groups is 2. The molecule has 2 aromatic heterocycles. The van der Waals surface area contributed by atoms with Gasteiger partial charge in [0.05, 0.1) is 24.5 Å². The Kier molecular flexibility index (Phi) is 6.20. The molecule has 29 heavy (non-hydrogen) atoms. The zero-order valence-electron chi connectivity index (χ0n) is 15.5. The van der Waals surface area contributed by atoms with Gasteiger partial charge in [-0.1, -0.05) is 28.1 Å². The number of aliphatic hydroxyl groups excluding tert-OH is 1. The number of halogens is 1. The van der Waals surface area contributed by atoms with E-state index >= 15 is 0 Å². The van der Waals surface area contributed by atoms with E-state index < -0.39 is 12.0 Å². The van der Waals surface area contributed by atoms with E-state index in [1.165, 1.54) is 4.80 Å². The summed E-state index contributed by atoms with van der Waals surface area (Å²) in [5, 5.41) is 30.7.